The summed E-state index contributed by atoms with van der Waals surface area (Å²) < 4.78 is 2.22. The molecule has 5 nitrogen and oxygen atoms in total. The van der Waals surface area contributed by atoms with Gasteiger partial charge >= 0.3 is 0 Å². The first-order chi connectivity index (χ1) is 15.1. The molecule has 1 aliphatic heterocycles. The third kappa shape index (κ3) is 5.33. The minimum atomic E-state index is 0.514. The van der Waals surface area contributed by atoms with Crippen LogP contribution in [0.1, 0.15) is 24.2 Å². The summed E-state index contributed by atoms with van der Waals surface area (Å²) in [7, 11) is 2.19. The van der Waals surface area contributed by atoms with Gasteiger partial charge in [-0.1, -0.05) is 12.0 Å². The third-order valence-electron chi connectivity index (χ3n) is 5.84. The van der Waals surface area contributed by atoms with Crippen LogP contribution >= 0.6 is 11.6 Å². The number of aryl methyl sites for hydroxylation is 2. The Morgan fingerprint density at radius 3 is 2.77 bits per heavy atom. The van der Waals surface area contributed by atoms with Crippen molar-refractivity contribution >= 4 is 33.9 Å². The van der Waals surface area contributed by atoms with E-state index >= 15 is 0 Å². The first-order valence-corrected chi connectivity index (χ1v) is 11.5. The molecule has 0 amide bonds. The number of hydrogen-bond donors (Lipinski definition) is 2. The van der Waals surface area contributed by atoms with Gasteiger partial charge in [-0.3, -0.25) is 4.98 Å². The van der Waals surface area contributed by atoms with Crippen LogP contribution in [-0.4, -0.2) is 53.1 Å². The summed E-state index contributed by atoms with van der Waals surface area (Å²) in [5, 5.41) is 8.30. The zero-order valence-electron chi connectivity index (χ0n) is 18.3. The first kappa shape index (κ1) is 21.5. The van der Waals surface area contributed by atoms with Gasteiger partial charge in [0, 0.05) is 35.2 Å². The lowest BCUT2D eigenvalue weighted by molar-refractivity contribution is 0.264. The monoisotopic (exact) mass is 435 g/mol. The Bertz CT molecular complexity index is 1070. The summed E-state index contributed by atoms with van der Waals surface area (Å²) in [5.74, 6) is 7.15. The molecule has 1 fully saturated rings. The summed E-state index contributed by atoms with van der Waals surface area (Å²) in [6.45, 7) is 5.56. The number of hydrogen-bond acceptors (Lipinski definition) is 4. The van der Waals surface area contributed by atoms with Crippen LogP contribution in [0.4, 0.5) is 11.4 Å². The predicted octanol–water partition coefficient (Wildman–Crippen LogP) is 4.55. The number of pyridine rings is 1. The Kier molecular flexibility index (Phi) is 7.01. The number of anilines is 2. The van der Waals surface area contributed by atoms with Crippen molar-refractivity contribution in [2.45, 2.75) is 32.4 Å². The quantitative estimate of drug-likeness (QED) is 0.440. The van der Waals surface area contributed by atoms with E-state index in [9.17, 15) is 0 Å². The largest absolute Gasteiger partial charge is 0.382 e. The number of fused-ring (bicyclic) bond motifs is 1. The van der Waals surface area contributed by atoms with Crippen molar-refractivity contribution in [1.82, 2.24) is 14.5 Å². The topological polar surface area (TPSA) is 45.1 Å². The van der Waals surface area contributed by atoms with Crippen LogP contribution < -0.4 is 10.6 Å². The van der Waals surface area contributed by atoms with Gasteiger partial charge in [-0.05, 0) is 76.2 Å². The second-order valence-electron chi connectivity index (χ2n) is 8.17. The molecule has 162 valence electrons. The fourth-order valence-electron chi connectivity index (χ4n) is 4.07. The molecule has 0 spiro atoms. The Morgan fingerprint density at radius 2 is 2.03 bits per heavy atom. The Hall–Kier alpha value is -2.68. The van der Waals surface area contributed by atoms with Crippen LogP contribution in [0, 0.1) is 18.8 Å². The maximum atomic E-state index is 6.12. The van der Waals surface area contributed by atoms with Gasteiger partial charge in [0.1, 0.15) is 0 Å². The van der Waals surface area contributed by atoms with Crippen LogP contribution in [-0.2, 0) is 6.54 Å². The van der Waals surface area contributed by atoms with E-state index in [1.807, 2.05) is 25.3 Å². The summed E-state index contributed by atoms with van der Waals surface area (Å²) in [6, 6.07) is 13.2. The number of piperidine rings is 1. The second-order valence-corrected chi connectivity index (χ2v) is 8.55. The lowest BCUT2D eigenvalue weighted by atomic mass is 10.0. The minimum absolute atomic E-state index is 0.514. The summed E-state index contributed by atoms with van der Waals surface area (Å²) in [6.07, 6.45) is 4.17. The standard InChI is InChI=1S/C25H30ClN5/c1-19-8-9-21(18-28-19)27-13-4-5-22-17-23-24(29-20-10-14-30(2)15-11-20)6-3-7-25(23)31(22)16-12-26/h3,6-9,17-18,20,27,29H,10-16H2,1-2H3. The van der Waals surface area contributed by atoms with Gasteiger partial charge in [0.25, 0.3) is 0 Å². The lowest BCUT2D eigenvalue weighted by Gasteiger charge is -2.30. The van der Waals surface area contributed by atoms with E-state index < -0.39 is 0 Å². The number of rotatable bonds is 6. The van der Waals surface area contributed by atoms with Gasteiger partial charge in [0.15, 0.2) is 0 Å². The molecule has 0 saturated carbocycles. The van der Waals surface area contributed by atoms with Crippen LogP contribution in [0.25, 0.3) is 10.9 Å². The molecule has 2 N–H and O–H groups in total. The summed E-state index contributed by atoms with van der Waals surface area (Å²) in [5.41, 5.74) is 5.35. The van der Waals surface area contributed by atoms with E-state index in [1.54, 1.807) is 0 Å². The molecule has 2 aromatic heterocycles. The van der Waals surface area contributed by atoms with Gasteiger partial charge in [0.2, 0.25) is 0 Å². The smallest absolute Gasteiger partial charge is 0.0932 e. The van der Waals surface area contributed by atoms with Gasteiger partial charge in [-0.25, -0.2) is 0 Å². The molecule has 31 heavy (non-hydrogen) atoms. The van der Waals surface area contributed by atoms with Crippen molar-refractivity contribution < 1.29 is 0 Å². The molecular weight excluding hydrogens is 406 g/mol. The second kappa shape index (κ2) is 10.1. The molecule has 1 aliphatic rings. The fourth-order valence-corrected chi connectivity index (χ4v) is 4.23. The number of benzene rings is 1. The first-order valence-electron chi connectivity index (χ1n) is 10.9. The highest BCUT2D eigenvalue weighted by atomic mass is 35.5. The molecule has 3 heterocycles. The van der Waals surface area contributed by atoms with Crippen molar-refractivity contribution in [2.24, 2.45) is 0 Å². The number of nitrogens with one attached hydrogen (secondary N) is 2. The van der Waals surface area contributed by atoms with Crippen LogP contribution in [0.2, 0.25) is 0 Å². The van der Waals surface area contributed by atoms with E-state index in [2.05, 4.69) is 68.2 Å². The van der Waals surface area contributed by atoms with Crippen molar-refractivity contribution in [3.8, 4) is 11.8 Å². The number of nitrogens with zero attached hydrogens (tertiary/aromatic N) is 3. The molecule has 0 aliphatic carbocycles. The van der Waals surface area contributed by atoms with Crippen molar-refractivity contribution in [1.29, 1.82) is 0 Å². The molecule has 4 rings (SSSR count). The zero-order chi connectivity index (χ0) is 21.6. The molecule has 3 aromatic rings. The number of likely N-dealkylation sites (tertiary alicyclic amines) is 1. The Morgan fingerprint density at radius 1 is 1.19 bits per heavy atom. The summed E-state index contributed by atoms with van der Waals surface area (Å²) >= 11 is 6.12. The maximum absolute atomic E-state index is 6.12. The van der Waals surface area contributed by atoms with E-state index in [4.69, 9.17) is 11.6 Å². The number of halogens is 1. The molecule has 1 saturated heterocycles. The zero-order valence-corrected chi connectivity index (χ0v) is 19.0. The highest BCUT2D eigenvalue weighted by molar-refractivity contribution is 6.17. The van der Waals surface area contributed by atoms with Gasteiger partial charge in [0.05, 0.1) is 29.6 Å². The minimum Gasteiger partial charge on any atom is -0.382 e. The average molecular weight is 436 g/mol. The number of aromatic nitrogens is 2. The van der Waals surface area contributed by atoms with E-state index in [1.165, 1.54) is 29.4 Å². The predicted molar refractivity (Wildman–Crippen MR) is 131 cm³/mol. The molecule has 0 bridgehead atoms. The van der Waals surface area contributed by atoms with Gasteiger partial charge in [-0.15, -0.1) is 11.6 Å². The normalized spacial score (nSPS) is 14.9. The van der Waals surface area contributed by atoms with Crippen LogP contribution in [0.3, 0.4) is 0 Å². The highest BCUT2D eigenvalue weighted by Crippen LogP contribution is 2.29. The summed E-state index contributed by atoms with van der Waals surface area (Å²) in [4.78, 5) is 6.70. The molecular formula is C25H30ClN5. The van der Waals surface area contributed by atoms with Crippen molar-refractivity contribution in [2.75, 3.05) is 43.2 Å². The van der Waals surface area contributed by atoms with Crippen molar-refractivity contribution in [3.05, 3.63) is 54.0 Å². The van der Waals surface area contributed by atoms with E-state index in [0.29, 0.717) is 18.5 Å². The van der Waals surface area contributed by atoms with Crippen LogP contribution in [0.15, 0.2) is 42.6 Å². The Balaban J connectivity index is 1.54. The maximum Gasteiger partial charge on any atom is 0.0932 e. The molecule has 0 radical (unpaired) electrons. The molecule has 0 atom stereocenters. The highest BCUT2D eigenvalue weighted by Gasteiger charge is 2.18. The SMILES string of the molecule is Cc1ccc(NCC#Cc2cc3c(NC4CCN(C)CC4)cccc3n2CCCl)cn1. The van der Waals surface area contributed by atoms with Crippen LogP contribution in [0.5, 0.6) is 0 Å². The van der Waals surface area contributed by atoms with E-state index in [0.717, 1.165) is 36.7 Å². The van der Waals surface area contributed by atoms with E-state index in [-0.39, 0.29) is 0 Å². The third-order valence-corrected chi connectivity index (χ3v) is 6.01. The van der Waals surface area contributed by atoms with Gasteiger partial charge in [-0.2, -0.15) is 0 Å². The van der Waals surface area contributed by atoms with Gasteiger partial charge < -0.3 is 20.1 Å². The lowest BCUT2D eigenvalue weighted by Crippen LogP contribution is -2.36. The average Bonchev–Trinajstić information content (AvgIpc) is 3.13. The fraction of sp³-hybridized carbons (Fsp3) is 0.400. The number of alkyl halides is 1. The molecule has 1 aromatic carbocycles. The Labute approximate surface area is 189 Å². The molecule has 0 unspecified atom stereocenters. The molecule has 6 heteroatoms. The van der Waals surface area contributed by atoms with Crippen molar-refractivity contribution in [3.63, 3.8) is 0 Å².